The van der Waals surface area contributed by atoms with Crippen LogP contribution in [0.3, 0.4) is 0 Å². The van der Waals surface area contributed by atoms with Gasteiger partial charge >= 0.3 is 0 Å². The van der Waals surface area contributed by atoms with Crippen LogP contribution < -0.4 is 10.6 Å². The molecule has 0 aromatic carbocycles. The van der Waals surface area contributed by atoms with E-state index in [0.29, 0.717) is 6.54 Å². The lowest BCUT2D eigenvalue weighted by Crippen LogP contribution is -2.49. The van der Waals surface area contributed by atoms with E-state index in [1.165, 1.54) is 0 Å². The smallest absolute Gasteiger partial charge is 0.231 e. The summed E-state index contributed by atoms with van der Waals surface area (Å²) >= 11 is 0. The highest BCUT2D eigenvalue weighted by atomic mass is 16.1. The summed E-state index contributed by atoms with van der Waals surface area (Å²) in [5.74, 6) is 1.36. The molecule has 0 spiro atoms. The zero-order chi connectivity index (χ0) is 15.5. The molecular weight excluding hydrogens is 282 g/mol. The number of imidazole rings is 1. The molecule has 22 heavy (non-hydrogen) atoms. The summed E-state index contributed by atoms with van der Waals surface area (Å²) < 4.78 is 1.91. The number of carbonyl (C=O) groups is 1. The number of amides is 1. The number of rotatable bonds is 4. The van der Waals surface area contributed by atoms with Crippen molar-refractivity contribution < 1.29 is 4.79 Å². The molecule has 0 atom stereocenters. The van der Waals surface area contributed by atoms with Gasteiger partial charge < -0.3 is 15.2 Å². The third kappa shape index (κ3) is 3.06. The Morgan fingerprint density at radius 2 is 2.00 bits per heavy atom. The van der Waals surface area contributed by atoms with Crippen LogP contribution in [-0.4, -0.2) is 63.3 Å². The van der Waals surface area contributed by atoms with Crippen molar-refractivity contribution in [1.29, 1.82) is 0 Å². The fraction of sp³-hybridized carbons (Fsp3) is 0.429. The monoisotopic (exact) mass is 301 g/mol. The number of piperazine rings is 1. The molecule has 2 N–H and O–H groups in total. The molecule has 2 aromatic heterocycles. The number of aryl methyl sites for hydroxylation is 1. The lowest BCUT2D eigenvalue weighted by Gasteiger charge is -2.34. The quantitative estimate of drug-likeness (QED) is 0.817. The van der Waals surface area contributed by atoms with Gasteiger partial charge in [0, 0.05) is 45.6 Å². The molecule has 1 aliphatic rings. The molecule has 8 nitrogen and oxygen atoms in total. The summed E-state index contributed by atoms with van der Waals surface area (Å²) in [4.78, 5) is 19.4. The first kappa shape index (κ1) is 14.5. The number of aromatic nitrogens is 4. The number of primary amides is 1. The number of carbonyl (C=O) groups excluding carboxylic acids is 1. The van der Waals surface area contributed by atoms with Gasteiger partial charge in [-0.1, -0.05) is 0 Å². The third-order valence-corrected chi connectivity index (χ3v) is 3.78. The highest BCUT2D eigenvalue weighted by Crippen LogP contribution is 2.17. The standard InChI is InChI=1S/C14H19N7O/c1-19-5-4-16-14(19)11-2-3-13(18-17-11)21-8-6-20(7-9-21)10-12(15)22/h2-5H,6-10H2,1H3,(H2,15,22). The molecular formula is C14H19N7O. The van der Waals surface area contributed by atoms with Gasteiger partial charge in [-0.2, -0.15) is 0 Å². The van der Waals surface area contributed by atoms with E-state index in [-0.39, 0.29) is 5.91 Å². The topological polar surface area (TPSA) is 93.2 Å². The Kier molecular flexibility index (Phi) is 4.01. The molecule has 0 saturated carbocycles. The van der Waals surface area contributed by atoms with Gasteiger partial charge in [0.25, 0.3) is 0 Å². The van der Waals surface area contributed by atoms with Gasteiger partial charge in [0.2, 0.25) is 5.91 Å². The number of hydrogen-bond acceptors (Lipinski definition) is 6. The van der Waals surface area contributed by atoms with E-state index in [2.05, 4.69) is 25.0 Å². The van der Waals surface area contributed by atoms with Crippen molar-refractivity contribution in [3.63, 3.8) is 0 Å². The van der Waals surface area contributed by atoms with Crippen LogP contribution in [-0.2, 0) is 11.8 Å². The second-order valence-electron chi connectivity index (χ2n) is 5.37. The van der Waals surface area contributed by atoms with E-state index in [9.17, 15) is 4.79 Å². The first-order valence-electron chi connectivity index (χ1n) is 7.20. The SMILES string of the molecule is Cn1ccnc1-c1ccc(N2CCN(CC(N)=O)CC2)nn1. The number of anilines is 1. The molecule has 1 amide bonds. The maximum absolute atomic E-state index is 10.9. The summed E-state index contributed by atoms with van der Waals surface area (Å²) in [6.07, 6.45) is 3.62. The summed E-state index contributed by atoms with van der Waals surface area (Å²) in [6.45, 7) is 3.53. The van der Waals surface area contributed by atoms with Gasteiger partial charge in [-0.05, 0) is 12.1 Å². The second-order valence-corrected chi connectivity index (χ2v) is 5.37. The molecule has 0 unspecified atom stereocenters. The predicted octanol–water partition coefficient (Wildman–Crippen LogP) is -0.516. The molecule has 1 fully saturated rings. The fourth-order valence-corrected chi connectivity index (χ4v) is 2.58. The Labute approximate surface area is 128 Å². The van der Waals surface area contributed by atoms with Crippen molar-refractivity contribution in [3.05, 3.63) is 24.5 Å². The Bertz CT molecular complexity index is 643. The molecule has 0 bridgehead atoms. The van der Waals surface area contributed by atoms with Gasteiger partial charge in [0.1, 0.15) is 5.69 Å². The van der Waals surface area contributed by atoms with E-state index in [1.807, 2.05) is 29.9 Å². The molecule has 8 heteroatoms. The molecule has 3 heterocycles. The Morgan fingerprint density at radius 1 is 1.23 bits per heavy atom. The first-order chi connectivity index (χ1) is 10.6. The fourth-order valence-electron chi connectivity index (χ4n) is 2.58. The van der Waals surface area contributed by atoms with E-state index >= 15 is 0 Å². The number of nitrogens with two attached hydrogens (primary N) is 1. The summed E-state index contributed by atoms with van der Waals surface area (Å²) in [5, 5.41) is 8.56. The van der Waals surface area contributed by atoms with Crippen LogP contribution in [0.4, 0.5) is 5.82 Å². The van der Waals surface area contributed by atoms with Crippen molar-refractivity contribution >= 4 is 11.7 Å². The number of nitrogens with zero attached hydrogens (tertiary/aromatic N) is 6. The maximum Gasteiger partial charge on any atom is 0.231 e. The molecule has 1 aliphatic heterocycles. The van der Waals surface area contributed by atoms with Gasteiger partial charge in [0.05, 0.1) is 6.54 Å². The molecule has 0 radical (unpaired) electrons. The highest BCUT2D eigenvalue weighted by molar-refractivity contribution is 5.75. The van der Waals surface area contributed by atoms with Crippen LogP contribution in [0.25, 0.3) is 11.5 Å². The summed E-state index contributed by atoms with van der Waals surface area (Å²) in [7, 11) is 1.93. The van der Waals surface area contributed by atoms with Crippen molar-refractivity contribution in [2.24, 2.45) is 12.8 Å². The average Bonchev–Trinajstić information content (AvgIpc) is 2.94. The largest absolute Gasteiger partial charge is 0.369 e. The maximum atomic E-state index is 10.9. The second kappa shape index (κ2) is 6.10. The predicted molar refractivity (Wildman–Crippen MR) is 82.1 cm³/mol. The highest BCUT2D eigenvalue weighted by Gasteiger charge is 2.19. The van der Waals surface area contributed by atoms with Gasteiger partial charge in [-0.3, -0.25) is 9.69 Å². The van der Waals surface area contributed by atoms with Gasteiger partial charge in [-0.25, -0.2) is 4.98 Å². The van der Waals surface area contributed by atoms with Crippen LogP contribution in [0.1, 0.15) is 0 Å². The minimum atomic E-state index is -0.285. The zero-order valence-corrected chi connectivity index (χ0v) is 12.5. The summed E-state index contributed by atoms with van der Waals surface area (Å²) in [5.41, 5.74) is 5.97. The lowest BCUT2D eigenvalue weighted by atomic mass is 10.3. The van der Waals surface area contributed by atoms with Crippen molar-refractivity contribution in [1.82, 2.24) is 24.6 Å². The van der Waals surface area contributed by atoms with Crippen LogP contribution in [0.5, 0.6) is 0 Å². The molecule has 1 saturated heterocycles. The lowest BCUT2D eigenvalue weighted by molar-refractivity contribution is -0.119. The van der Waals surface area contributed by atoms with Crippen LogP contribution in [0, 0.1) is 0 Å². The third-order valence-electron chi connectivity index (χ3n) is 3.78. The van der Waals surface area contributed by atoms with Crippen molar-refractivity contribution in [2.45, 2.75) is 0 Å². The molecule has 116 valence electrons. The Morgan fingerprint density at radius 3 is 2.55 bits per heavy atom. The van der Waals surface area contributed by atoms with E-state index in [4.69, 9.17) is 5.73 Å². The molecule has 2 aromatic rings. The van der Waals surface area contributed by atoms with E-state index in [1.54, 1.807) is 6.20 Å². The minimum absolute atomic E-state index is 0.285. The first-order valence-corrected chi connectivity index (χ1v) is 7.20. The molecule has 3 rings (SSSR count). The van der Waals surface area contributed by atoms with Crippen LogP contribution in [0.15, 0.2) is 24.5 Å². The minimum Gasteiger partial charge on any atom is -0.369 e. The summed E-state index contributed by atoms with van der Waals surface area (Å²) in [6, 6.07) is 3.89. The molecule has 0 aliphatic carbocycles. The number of hydrogen-bond donors (Lipinski definition) is 1. The van der Waals surface area contributed by atoms with E-state index in [0.717, 1.165) is 43.5 Å². The normalized spacial score (nSPS) is 16.0. The van der Waals surface area contributed by atoms with Gasteiger partial charge in [0.15, 0.2) is 11.6 Å². The van der Waals surface area contributed by atoms with E-state index < -0.39 is 0 Å². The van der Waals surface area contributed by atoms with Crippen molar-refractivity contribution in [2.75, 3.05) is 37.6 Å². The van der Waals surface area contributed by atoms with Crippen LogP contribution >= 0.6 is 0 Å². The average molecular weight is 301 g/mol. The Hall–Kier alpha value is -2.48. The Balaban J connectivity index is 1.65. The zero-order valence-electron chi connectivity index (χ0n) is 12.5. The van der Waals surface area contributed by atoms with Gasteiger partial charge in [-0.15, -0.1) is 10.2 Å². The van der Waals surface area contributed by atoms with Crippen molar-refractivity contribution in [3.8, 4) is 11.5 Å². The van der Waals surface area contributed by atoms with Crippen LogP contribution in [0.2, 0.25) is 0 Å².